The van der Waals surface area contributed by atoms with Gasteiger partial charge in [0.25, 0.3) is 5.91 Å². The molecule has 3 N–H and O–H groups in total. The van der Waals surface area contributed by atoms with Crippen LogP contribution >= 0.6 is 28.1 Å². The molecule has 0 radical (unpaired) electrons. The topological polar surface area (TPSA) is 64.3 Å². The highest BCUT2D eigenvalue weighted by Crippen LogP contribution is 2.28. The smallest absolute Gasteiger partial charge is 0.255 e. The molecule has 0 aromatic heterocycles. The van der Waals surface area contributed by atoms with Crippen molar-refractivity contribution >= 4 is 39.0 Å². The molecule has 0 bridgehead atoms. The van der Waals surface area contributed by atoms with Gasteiger partial charge in [-0.1, -0.05) is 34.6 Å². The Hall–Kier alpha value is -1.14. The Bertz CT molecular complexity index is 536. The maximum absolute atomic E-state index is 12.4. The van der Waals surface area contributed by atoms with Crippen LogP contribution in [0.5, 0.6) is 5.75 Å². The first-order valence-corrected chi connectivity index (χ1v) is 7.66. The van der Waals surface area contributed by atoms with Gasteiger partial charge in [-0.05, 0) is 31.0 Å². The van der Waals surface area contributed by atoms with Gasteiger partial charge in [0.05, 0.1) is 17.7 Å². The molecule has 2 unspecified atom stereocenters. The SMILES string of the molecule is COc1cc(Br)ccc1C(=O)NC1CCCC1C(N)=S. The average molecular weight is 357 g/mol. The summed E-state index contributed by atoms with van der Waals surface area (Å²) in [5, 5.41) is 3.02. The highest BCUT2D eigenvalue weighted by Gasteiger charge is 2.31. The molecule has 1 amide bonds. The van der Waals surface area contributed by atoms with Crippen molar-refractivity contribution in [2.75, 3.05) is 7.11 Å². The third-order valence-corrected chi connectivity index (χ3v) is 4.40. The van der Waals surface area contributed by atoms with E-state index >= 15 is 0 Å². The minimum absolute atomic E-state index is 0.0216. The lowest BCUT2D eigenvalue weighted by atomic mass is 10.0. The van der Waals surface area contributed by atoms with Crippen molar-refractivity contribution in [3.63, 3.8) is 0 Å². The van der Waals surface area contributed by atoms with Crippen LogP contribution in [0.3, 0.4) is 0 Å². The lowest BCUT2D eigenvalue weighted by molar-refractivity contribution is 0.0930. The number of rotatable bonds is 4. The molecule has 108 valence electrons. The first-order chi connectivity index (χ1) is 9.52. The molecule has 0 heterocycles. The van der Waals surface area contributed by atoms with E-state index < -0.39 is 0 Å². The number of amides is 1. The van der Waals surface area contributed by atoms with E-state index in [2.05, 4.69) is 21.2 Å². The number of nitrogens with one attached hydrogen (secondary N) is 1. The molecule has 1 aliphatic rings. The van der Waals surface area contributed by atoms with Crippen LogP contribution < -0.4 is 15.8 Å². The maximum atomic E-state index is 12.4. The predicted molar refractivity (Wildman–Crippen MR) is 86.1 cm³/mol. The van der Waals surface area contributed by atoms with Crippen LogP contribution in [0.1, 0.15) is 29.6 Å². The summed E-state index contributed by atoms with van der Waals surface area (Å²) in [4.78, 5) is 12.9. The predicted octanol–water partition coefficient (Wildman–Crippen LogP) is 2.64. The van der Waals surface area contributed by atoms with Crippen molar-refractivity contribution in [1.82, 2.24) is 5.32 Å². The summed E-state index contributed by atoms with van der Waals surface area (Å²) in [6.45, 7) is 0. The number of nitrogens with two attached hydrogens (primary N) is 1. The Labute approximate surface area is 132 Å². The van der Waals surface area contributed by atoms with Gasteiger partial charge in [-0.2, -0.15) is 0 Å². The van der Waals surface area contributed by atoms with Crippen molar-refractivity contribution in [2.24, 2.45) is 11.7 Å². The van der Waals surface area contributed by atoms with Crippen molar-refractivity contribution in [1.29, 1.82) is 0 Å². The second-order valence-corrected chi connectivity index (χ2v) is 6.25. The Balaban J connectivity index is 2.14. The number of hydrogen-bond donors (Lipinski definition) is 2. The Kier molecular flexibility index (Phi) is 4.99. The molecule has 1 fully saturated rings. The van der Waals surface area contributed by atoms with Crippen LogP contribution in [0.2, 0.25) is 0 Å². The molecule has 20 heavy (non-hydrogen) atoms. The lowest BCUT2D eigenvalue weighted by Gasteiger charge is -2.20. The molecule has 0 saturated heterocycles. The van der Waals surface area contributed by atoms with Gasteiger partial charge in [-0.25, -0.2) is 0 Å². The fourth-order valence-electron chi connectivity index (χ4n) is 2.57. The zero-order chi connectivity index (χ0) is 14.7. The van der Waals surface area contributed by atoms with Crippen LogP contribution in [0.4, 0.5) is 0 Å². The van der Waals surface area contributed by atoms with E-state index in [1.54, 1.807) is 19.2 Å². The second kappa shape index (κ2) is 6.54. The normalized spacial score (nSPS) is 21.5. The molecule has 2 rings (SSSR count). The van der Waals surface area contributed by atoms with Gasteiger partial charge in [0.1, 0.15) is 5.75 Å². The van der Waals surface area contributed by atoms with Crippen LogP contribution in [0.25, 0.3) is 0 Å². The van der Waals surface area contributed by atoms with E-state index in [-0.39, 0.29) is 17.9 Å². The molecule has 1 aromatic carbocycles. The first kappa shape index (κ1) is 15.3. The highest BCUT2D eigenvalue weighted by molar-refractivity contribution is 9.10. The summed E-state index contributed by atoms with van der Waals surface area (Å²) < 4.78 is 6.11. The quantitative estimate of drug-likeness (QED) is 0.814. The van der Waals surface area contributed by atoms with E-state index in [1.807, 2.05) is 6.07 Å². The molecular formula is C14H17BrN2O2S. The molecule has 1 aromatic rings. The van der Waals surface area contributed by atoms with Gasteiger partial charge in [0.15, 0.2) is 0 Å². The van der Waals surface area contributed by atoms with Crippen LogP contribution in [-0.4, -0.2) is 24.0 Å². The largest absolute Gasteiger partial charge is 0.496 e. The molecule has 6 heteroatoms. The number of hydrogen-bond acceptors (Lipinski definition) is 3. The van der Waals surface area contributed by atoms with Gasteiger partial charge >= 0.3 is 0 Å². The summed E-state index contributed by atoms with van der Waals surface area (Å²) in [7, 11) is 1.55. The molecular weight excluding hydrogens is 340 g/mol. The summed E-state index contributed by atoms with van der Waals surface area (Å²) in [6, 6.07) is 5.35. The van der Waals surface area contributed by atoms with E-state index in [0.717, 1.165) is 23.7 Å². The van der Waals surface area contributed by atoms with E-state index in [1.165, 1.54) is 0 Å². The highest BCUT2D eigenvalue weighted by atomic mass is 79.9. The Morgan fingerprint density at radius 1 is 1.50 bits per heavy atom. The van der Waals surface area contributed by atoms with Gasteiger partial charge in [0, 0.05) is 16.4 Å². The second-order valence-electron chi connectivity index (χ2n) is 4.86. The zero-order valence-corrected chi connectivity index (χ0v) is 13.6. The zero-order valence-electron chi connectivity index (χ0n) is 11.2. The number of ether oxygens (including phenoxy) is 1. The molecule has 2 atom stereocenters. The van der Waals surface area contributed by atoms with Crippen molar-refractivity contribution in [3.05, 3.63) is 28.2 Å². The number of carbonyl (C=O) groups excluding carboxylic acids is 1. The lowest BCUT2D eigenvalue weighted by Crippen LogP contribution is -2.41. The summed E-state index contributed by atoms with van der Waals surface area (Å²) in [6.07, 6.45) is 2.88. The van der Waals surface area contributed by atoms with E-state index in [0.29, 0.717) is 16.3 Å². The van der Waals surface area contributed by atoms with Crippen LogP contribution in [0.15, 0.2) is 22.7 Å². The van der Waals surface area contributed by atoms with Crippen molar-refractivity contribution in [2.45, 2.75) is 25.3 Å². The number of benzene rings is 1. The number of halogens is 1. The van der Waals surface area contributed by atoms with Gasteiger partial charge in [-0.3, -0.25) is 4.79 Å². The molecule has 4 nitrogen and oxygen atoms in total. The standard InChI is InChI=1S/C14H17BrN2O2S/c1-19-12-7-8(15)5-6-10(12)14(18)17-11-4-2-3-9(11)13(16)20/h5-7,9,11H,2-4H2,1H3,(H2,16,20)(H,17,18). The van der Waals surface area contributed by atoms with E-state index in [9.17, 15) is 4.79 Å². The molecule has 1 saturated carbocycles. The van der Waals surface area contributed by atoms with E-state index in [4.69, 9.17) is 22.7 Å². The van der Waals surface area contributed by atoms with Gasteiger partial charge in [-0.15, -0.1) is 0 Å². The molecule has 0 aliphatic heterocycles. The third kappa shape index (κ3) is 3.30. The number of methoxy groups -OCH3 is 1. The van der Waals surface area contributed by atoms with Crippen LogP contribution in [0, 0.1) is 5.92 Å². The average Bonchev–Trinajstić information content (AvgIpc) is 2.86. The van der Waals surface area contributed by atoms with Crippen molar-refractivity contribution in [3.8, 4) is 5.75 Å². The summed E-state index contributed by atoms with van der Waals surface area (Å²) in [5.41, 5.74) is 6.25. The Morgan fingerprint density at radius 2 is 2.25 bits per heavy atom. The molecule has 1 aliphatic carbocycles. The fourth-order valence-corrected chi connectivity index (χ4v) is 3.19. The Morgan fingerprint density at radius 3 is 2.90 bits per heavy atom. The summed E-state index contributed by atoms with van der Waals surface area (Å²) >= 11 is 8.42. The summed E-state index contributed by atoms with van der Waals surface area (Å²) in [5.74, 6) is 0.486. The minimum atomic E-state index is -0.150. The monoisotopic (exact) mass is 356 g/mol. The molecule has 0 spiro atoms. The fraction of sp³-hybridized carbons (Fsp3) is 0.429. The minimum Gasteiger partial charge on any atom is -0.496 e. The number of thiocarbonyl (C=S) groups is 1. The van der Waals surface area contributed by atoms with Crippen LogP contribution in [-0.2, 0) is 0 Å². The number of carbonyl (C=O) groups is 1. The maximum Gasteiger partial charge on any atom is 0.255 e. The van der Waals surface area contributed by atoms with Crippen molar-refractivity contribution < 1.29 is 9.53 Å². The third-order valence-electron chi connectivity index (χ3n) is 3.61. The van der Waals surface area contributed by atoms with Gasteiger partial charge in [0.2, 0.25) is 0 Å². The first-order valence-electron chi connectivity index (χ1n) is 6.46. The van der Waals surface area contributed by atoms with Gasteiger partial charge < -0.3 is 15.8 Å².